The molecule has 0 fully saturated rings. The summed E-state index contributed by atoms with van der Waals surface area (Å²) in [6, 6.07) is 8.96. The first kappa shape index (κ1) is 14.9. The largest absolute Gasteiger partial charge is 0.310 e. The molecule has 0 saturated heterocycles. The number of likely N-dealkylation sites (N-methyl/N-ethyl adjacent to an activating group) is 1. The second-order valence-corrected chi connectivity index (χ2v) is 5.19. The molecule has 0 spiro atoms. The first-order valence-electron chi connectivity index (χ1n) is 6.70. The third-order valence-corrected chi connectivity index (χ3v) is 3.49. The zero-order valence-corrected chi connectivity index (χ0v) is 12.4. The topological polar surface area (TPSA) is 24.9 Å². The fourth-order valence-electron chi connectivity index (χ4n) is 2.16. The van der Waals surface area contributed by atoms with Crippen molar-refractivity contribution in [1.29, 1.82) is 0 Å². The van der Waals surface area contributed by atoms with E-state index in [1.165, 1.54) is 0 Å². The summed E-state index contributed by atoms with van der Waals surface area (Å²) in [4.78, 5) is 4.38. The molecule has 1 N–H and O–H groups in total. The zero-order valence-electron chi connectivity index (χ0n) is 11.7. The van der Waals surface area contributed by atoms with Gasteiger partial charge in [-0.3, -0.25) is 4.98 Å². The van der Waals surface area contributed by atoms with Crippen LogP contribution in [-0.2, 0) is 6.42 Å². The maximum atomic E-state index is 14.1. The maximum absolute atomic E-state index is 14.1. The van der Waals surface area contributed by atoms with Crippen molar-refractivity contribution in [1.82, 2.24) is 10.3 Å². The van der Waals surface area contributed by atoms with Gasteiger partial charge in [-0.25, -0.2) is 4.39 Å². The lowest BCUT2D eigenvalue weighted by Crippen LogP contribution is -2.24. The van der Waals surface area contributed by atoms with E-state index >= 15 is 0 Å². The molecule has 0 radical (unpaired) electrons. The summed E-state index contributed by atoms with van der Waals surface area (Å²) in [5, 5.41) is 3.45. The Morgan fingerprint density at radius 1 is 1.30 bits per heavy atom. The number of hydrogen-bond acceptors (Lipinski definition) is 2. The van der Waals surface area contributed by atoms with Crippen LogP contribution in [0.3, 0.4) is 0 Å². The van der Waals surface area contributed by atoms with Gasteiger partial charge in [0.25, 0.3) is 0 Å². The van der Waals surface area contributed by atoms with E-state index in [0.717, 1.165) is 17.8 Å². The lowest BCUT2D eigenvalue weighted by atomic mass is 10.0. The minimum absolute atomic E-state index is 0.131. The molecule has 1 heterocycles. The quantitative estimate of drug-likeness (QED) is 0.898. The number of pyridine rings is 1. The van der Waals surface area contributed by atoms with Crippen LogP contribution < -0.4 is 5.32 Å². The van der Waals surface area contributed by atoms with E-state index in [2.05, 4.69) is 10.3 Å². The van der Waals surface area contributed by atoms with Crippen molar-refractivity contribution in [3.8, 4) is 0 Å². The number of aryl methyl sites for hydroxylation is 1. The van der Waals surface area contributed by atoms with Crippen molar-refractivity contribution in [2.24, 2.45) is 0 Å². The van der Waals surface area contributed by atoms with Gasteiger partial charge in [-0.15, -0.1) is 0 Å². The van der Waals surface area contributed by atoms with Crippen molar-refractivity contribution in [3.05, 3.63) is 64.2 Å². The number of aromatic nitrogens is 1. The molecule has 106 valence electrons. The van der Waals surface area contributed by atoms with Crippen LogP contribution in [0, 0.1) is 12.7 Å². The minimum atomic E-state index is -0.354. The molecule has 1 unspecified atom stereocenters. The first-order valence-corrected chi connectivity index (χ1v) is 7.08. The van der Waals surface area contributed by atoms with Gasteiger partial charge in [0.15, 0.2) is 0 Å². The Labute approximate surface area is 124 Å². The van der Waals surface area contributed by atoms with Crippen molar-refractivity contribution in [2.45, 2.75) is 26.3 Å². The van der Waals surface area contributed by atoms with Crippen LogP contribution in [0.25, 0.3) is 0 Å². The third-order valence-electron chi connectivity index (χ3n) is 3.19. The number of benzene rings is 1. The Hall–Kier alpha value is -1.45. The second-order valence-electron chi connectivity index (χ2n) is 4.78. The van der Waals surface area contributed by atoms with Crippen LogP contribution in [0.1, 0.15) is 29.8 Å². The number of rotatable bonds is 5. The Balaban J connectivity index is 2.26. The van der Waals surface area contributed by atoms with E-state index in [4.69, 9.17) is 11.6 Å². The number of nitrogens with zero attached hydrogens (tertiary/aromatic N) is 1. The van der Waals surface area contributed by atoms with E-state index in [-0.39, 0.29) is 16.9 Å². The first-order chi connectivity index (χ1) is 9.61. The lowest BCUT2D eigenvalue weighted by molar-refractivity contribution is 0.506. The highest BCUT2D eigenvalue weighted by Crippen LogP contribution is 2.25. The Bertz CT molecular complexity index is 569. The smallest absolute Gasteiger partial charge is 0.146 e. The highest BCUT2D eigenvalue weighted by molar-refractivity contribution is 6.30. The lowest BCUT2D eigenvalue weighted by Gasteiger charge is -2.19. The van der Waals surface area contributed by atoms with E-state index in [0.29, 0.717) is 12.0 Å². The molecule has 0 saturated carbocycles. The van der Waals surface area contributed by atoms with Crippen LogP contribution in [0.4, 0.5) is 4.39 Å². The van der Waals surface area contributed by atoms with Gasteiger partial charge in [-0.05, 0) is 31.2 Å². The monoisotopic (exact) mass is 292 g/mol. The fraction of sp³-hybridized carbons (Fsp3) is 0.312. The van der Waals surface area contributed by atoms with E-state index in [1.807, 2.05) is 32.2 Å². The molecular weight excluding hydrogens is 275 g/mol. The summed E-state index contributed by atoms with van der Waals surface area (Å²) >= 11 is 5.86. The average molecular weight is 293 g/mol. The van der Waals surface area contributed by atoms with Crippen molar-refractivity contribution in [3.63, 3.8) is 0 Å². The highest BCUT2D eigenvalue weighted by Gasteiger charge is 2.17. The highest BCUT2D eigenvalue weighted by atomic mass is 35.5. The maximum Gasteiger partial charge on any atom is 0.146 e. The number of nitrogens with one attached hydrogen (secondary N) is 1. The van der Waals surface area contributed by atoms with Gasteiger partial charge in [-0.2, -0.15) is 0 Å². The fourth-order valence-corrected chi connectivity index (χ4v) is 2.34. The molecule has 0 bridgehead atoms. The molecule has 1 aromatic heterocycles. The standard InChI is InChI=1S/C16H18ClFN2/c1-3-19-15(9-12-8-7-11(2)10-20-12)13-5-4-6-14(17)16(13)18/h4-8,10,15,19H,3,9H2,1-2H3. The van der Waals surface area contributed by atoms with Crippen molar-refractivity contribution in [2.75, 3.05) is 6.54 Å². The van der Waals surface area contributed by atoms with Gasteiger partial charge in [0, 0.05) is 29.9 Å². The van der Waals surface area contributed by atoms with Gasteiger partial charge >= 0.3 is 0 Å². The van der Waals surface area contributed by atoms with Crippen molar-refractivity contribution >= 4 is 11.6 Å². The Morgan fingerprint density at radius 3 is 2.75 bits per heavy atom. The summed E-state index contributed by atoms with van der Waals surface area (Å²) in [7, 11) is 0. The molecule has 1 atom stereocenters. The van der Waals surface area contributed by atoms with Gasteiger partial charge < -0.3 is 5.32 Å². The van der Waals surface area contributed by atoms with E-state index in [9.17, 15) is 4.39 Å². The summed E-state index contributed by atoms with van der Waals surface area (Å²) in [6.07, 6.45) is 2.46. The minimum Gasteiger partial charge on any atom is -0.310 e. The molecule has 2 rings (SSSR count). The molecular formula is C16H18ClFN2. The van der Waals surface area contributed by atoms with Gasteiger partial charge in [0.05, 0.1) is 5.02 Å². The molecule has 4 heteroatoms. The summed E-state index contributed by atoms with van der Waals surface area (Å²) in [5.74, 6) is -0.354. The predicted molar refractivity (Wildman–Crippen MR) is 80.5 cm³/mol. The van der Waals surface area contributed by atoms with Crippen LogP contribution in [0.5, 0.6) is 0 Å². The normalized spacial score (nSPS) is 12.4. The molecule has 0 aliphatic carbocycles. The molecule has 0 aliphatic heterocycles. The summed E-state index contributed by atoms with van der Waals surface area (Å²) in [5.41, 5.74) is 2.63. The Morgan fingerprint density at radius 2 is 2.10 bits per heavy atom. The molecule has 2 nitrogen and oxygen atoms in total. The average Bonchev–Trinajstić information content (AvgIpc) is 2.44. The third kappa shape index (κ3) is 3.56. The van der Waals surface area contributed by atoms with Gasteiger partial charge in [0.1, 0.15) is 5.82 Å². The van der Waals surface area contributed by atoms with Gasteiger partial charge in [0.2, 0.25) is 0 Å². The number of halogens is 2. The molecule has 20 heavy (non-hydrogen) atoms. The molecule has 0 amide bonds. The summed E-state index contributed by atoms with van der Waals surface area (Å²) < 4.78 is 14.1. The second kappa shape index (κ2) is 6.82. The summed E-state index contributed by atoms with van der Waals surface area (Å²) in [6.45, 7) is 4.75. The van der Waals surface area contributed by atoms with Gasteiger partial charge in [-0.1, -0.05) is 36.7 Å². The van der Waals surface area contributed by atoms with Crippen LogP contribution in [0.15, 0.2) is 36.5 Å². The van der Waals surface area contributed by atoms with E-state index < -0.39 is 0 Å². The van der Waals surface area contributed by atoms with Crippen LogP contribution in [0.2, 0.25) is 5.02 Å². The van der Waals surface area contributed by atoms with Crippen molar-refractivity contribution < 1.29 is 4.39 Å². The molecule has 2 aromatic rings. The molecule has 0 aliphatic rings. The van der Waals surface area contributed by atoms with Crippen LogP contribution in [-0.4, -0.2) is 11.5 Å². The zero-order chi connectivity index (χ0) is 14.5. The SMILES string of the molecule is CCNC(Cc1ccc(C)cn1)c1cccc(Cl)c1F. The Kier molecular flexibility index (Phi) is 5.10. The van der Waals surface area contributed by atoms with Crippen LogP contribution >= 0.6 is 11.6 Å². The predicted octanol–water partition coefficient (Wildman–Crippen LogP) is 4.08. The number of hydrogen-bond donors (Lipinski definition) is 1. The van der Waals surface area contributed by atoms with E-state index in [1.54, 1.807) is 18.2 Å². The molecule has 1 aromatic carbocycles.